The van der Waals surface area contributed by atoms with E-state index < -0.39 is 0 Å². The van der Waals surface area contributed by atoms with Crippen molar-refractivity contribution in [3.8, 4) is 0 Å². The van der Waals surface area contributed by atoms with Crippen LogP contribution in [0.3, 0.4) is 0 Å². The summed E-state index contributed by atoms with van der Waals surface area (Å²) in [5.41, 5.74) is 6.13. The Morgan fingerprint density at radius 3 is 2.52 bits per heavy atom. The van der Waals surface area contributed by atoms with Crippen LogP contribution in [0.25, 0.3) is 10.9 Å². The van der Waals surface area contributed by atoms with Crippen molar-refractivity contribution >= 4 is 22.3 Å². The molecular weight excluding hydrogens is 258 g/mol. The van der Waals surface area contributed by atoms with E-state index in [0.29, 0.717) is 5.92 Å². The number of nitrogens with one attached hydrogen (secondary N) is 1. The molecule has 0 spiro atoms. The molecule has 0 amide bonds. The molecular formula is C18H25N3. The number of nitrogens with zero attached hydrogens (tertiary/aromatic N) is 2. The van der Waals surface area contributed by atoms with Crippen LogP contribution in [0.15, 0.2) is 18.2 Å². The van der Waals surface area contributed by atoms with E-state index in [-0.39, 0.29) is 0 Å². The highest BCUT2D eigenvalue weighted by atomic mass is 15.1. The molecule has 1 saturated heterocycles. The highest BCUT2D eigenvalue weighted by molar-refractivity contribution is 5.95. The van der Waals surface area contributed by atoms with Crippen LogP contribution in [0.5, 0.6) is 0 Å². The number of aryl methyl sites for hydroxylation is 1. The van der Waals surface area contributed by atoms with Crippen molar-refractivity contribution in [1.82, 2.24) is 4.98 Å². The van der Waals surface area contributed by atoms with Crippen LogP contribution < -0.4 is 10.2 Å². The van der Waals surface area contributed by atoms with Gasteiger partial charge in [0.25, 0.3) is 0 Å². The monoisotopic (exact) mass is 283 g/mol. The van der Waals surface area contributed by atoms with Gasteiger partial charge in [0.15, 0.2) is 0 Å². The quantitative estimate of drug-likeness (QED) is 0.910. The van der Waals surface area contributed by atoms with Crippen molar-refractivity contribution < 1.29 is 0 Å². The van der Waals surface area contributed by atoms with E-state index >= 15 is 0 Å². The largest absolute Gasteiger partial charge is 0.387 e. The fourth-order valence-corrected chi connectivity index (χ4v) is 3.54. The summed E-state index contributed by atoms with van der Waals surface area (Å²) in [4.78, 5) is 7.29. The minimum atomic E-state index is 0.472. The van der Waals surface area contributed by atoms with Gasteiger partial charge in [-0.05, 0) is 49.4 Å². The molecule has 0 saturated carbocycles. The van der Waals surface area contributed by atoms with Gasteiger partial charge >= 0.3 is 0 Å². The molecule has 1 fully saturated rings. The van der Waals surface area contributed by atoms with Crippen LogP contribution in [0.1, 0.15) is 43.9 Å². The van der Waals surface area contributed by atoms with E-state index in [1.807, 2.05) is 7.05 Å². The first-order valence-electron chi connectivity index (χ1n) is 7.98. The number of fused-ring (bicyclic) bond motifs is 1. The summed E-state index contributed by atoms with van der Waals surface area (Å²) in [6.07, 6.45) is 2.61. The van der Waals surface area contributed by atoms with Crippen LogP contribution in [-0.2, 0) is 0 Å². The second kappa shape index (κ2) is 5.55. The predicted octanol–water partition coefficient (Wildman–Crippen LogP) is 4.31. The Labute approximate surface area is 127 Å². The molecule has 0 radical (unpaired) electrons. The molecule has 2 aromatic rings. The minimum absolute atomic E-state index is 0.472. The van der Waals surface area contributed by atoms with E-state index in [1.165, 1.54) is 48.3 Å². The molecule has 3 rings (SSSR count). The third-order valence-electron chi connectivity index (χ3n) is 4.50. The fraction of sp³-hybridized carbons (Fsp3) is 0.500. The van der Waals surface area contributed by atoms with Crippen molar-refractivity contribution in [2.24, 2.45) is 0 Å². The summed E-state index contributed by atoms with van der Waals surface area (Å²) in [6, 6.07) is 6.69. The van der Waals surface area contributed by atoms with Gasteiger partial charge in [0, 0.05) is 42.6 Å². The third-order valence-corrected chi connectivity index (χ3v) is 4.50. The summed E-state index contributed by atoms with van der Waals surface area (Å²) in [6.45, 7) is 8.94. The van der Waals surface area contributed by atoms with E-state index in [2.05, 4.69) is 49.2 Å². The predicted molar refractivity (Wildman–Crippen MR) is 91.6 cm³/mol. The molecule has 1 aliphatic rings. The van der Waals surface area contributed by atoms with Crippen LogP contribution in [-0.4, -0.2) is 25.1 Å². The number of benzene rings is 1. The number of aromatic nitrogens is 1. The molecule has 0 bridgehead atoms. The van der Waals surface area contributed by atoms with E-state index in [9.17, 15) is 0 Å². The second-order valence-corrected chi connectivity index (χ2v) is 6.29. The van der Waals surface area contributed by atoms with Crippen molar-refractivity contribution in [2.75, 3.05) is 30.4 Å². The highest BCUT2D eigenvalue weighted by Crippen LogP contribution is 2.35. The average molecular weight is 283 g/mol. The Hall–Kier alpha value is -1.77. The molecule has 112 valence electrons. The van der Waals surface area contributed by atoms with Gasteiger partial charge in [0.1, 0.15) is 0 Å². The molecule has 0 unspecified atom stereocenters. The Balaban J connectivity index is 2.20. The molecule has 3 heteroatoms. The van der Waals surface area contributed by atoms with Crippen molar-refractivity contribution in [3.05, 3.63) is 29.5 Å². The van der Waals surface area contributed by atoms with E-state index in [4.69, 9.17) is 4.98 Å². The molecule has 1 aromatic carbocycles. The van der Waals surface area contributed by atoms with Gasteiger partial charge in [-0.15, -0.1) is 0 Å². The van der Waals surface area contributed by atoms with Crippen molar-refractivity contribution in [2.45, 2.75) is 39.5 Å². The first-order chi connectivity index (χ1) is 10.1. The summed E-state index contributed by atoms with van der Waals surface area (Å²) < 4.78 is 0. The fourth-order valence-electron chi connectivity index (χ4n) is 3.54. The lowest BCUT2D eigenvalue weighted by Crippen LogP contribution is -2.17. The molecule has 0 atom stereocenters. The SMILES string of the molecule is CNc1c(C(C)C)c(C)nc2ccc(N3CCCC3)cc12. The van der Waals surface area contributed by atoms with E-state index in [1.54, 1.807) is 0 Å². The van der Waals surface area contributed by atoms with Crippen LogP contribution in [0.4, 0.5) is 11.4 Å². The van der Waals surface area contributed by atoms with Crippen molar-refractivity contribution in [1.29, 1.82) is 0 Å². The van der Waals surface area contributed by atoms with Gasteiger partial charge in [-0.2, -0.15) is 0 Å². The van der Waals surface area contributed by atoms with Crippen molar-refractivity contribution in [3.63, 3.8) is 0 Å². The Morgan fingerprint density at radius 2 is 1.90 bits per heavy atom. The zero-order valence-electron chi connectivity index (χ0n) is 13.5. The Morgan fingerprint density at radius 1 is 1.19 bits per heavy atom. The number of rotatable bonds is 3. The summed E-state index contributed by atoms with van der Waals surface area (Å²) in [7, 11) is 2.02. The smallest absolute Gasteiger partial charge is 0.0727 e. The standard InChI is InChI=1S/C18H25N3/c1-12(2)17-13(3)20-16-8-7-14(21-9-5-6-10-21)11-15(16)18(17)19-4/h7-8,11-12H,5-6,9-10H2,1-4H3,(H,19,20). The lowest BCUT2D eigenvalue weighted by atomic mass is 9.96. The molecule has 3 nitrogen and oxygen atoms in total. The normalized spacial score (nSPS) is 15.2. The third kappa shape index (κ3) is 2.45. The maximum Gasteiger partial charge on any atom is 0.0727 e. The van der Waals surface area contributed by atoms with Crippen LogP contribution in [0.2, 0.25) is 0 Å². The van der Waals surface area contributed by atoms with Gasteiger partial charge in [-0.3, -0.25) is 4.98 Å². The second-order valence-electron chi connectivity index (χ2n) is 6.29. The lowest BCUT2D eigenvalue weighted by Gasteiger charge is -2.21. The molecule has 1 aliphatic heterocycles. The molecule has 1 aromatic heterocycles. The molecule has 1 N–H and O–H groups in total. The summed E-state index contributed by atoms with van der Waals surface area (Å²) in [5.74, 6) is 0.472. The maximum atomic E-state index is 4.81. The zero-order chi connectivity index (χ0) is 15.0. The summed E-state index contributed by atoms with van der Waals surface area (Å²) >= 11 is 0. The maximum absolute atomic E-state index is 4.81. The van der Waals surface area contributed by atoms with Crippen LogP contribution >= 0.6 is 0 Å². The van der Waals surface area contributed by atoms with E-state index in [0.717, 1.165) is 11.2 Å². The number of hydrogen-bond acceptors (Lipinski definition) is 3. The minimum Gasteiger partial charge on any atom is -0.387 e. The highest BCUT2D eigenvalue weighted by Gasteiger charge is 2.17. The van der Waals surface area contributed by atoms with Gasteiger partial charge in [0.2, 0.25) is 0 Å². The van der Waals surface area contributed by atoms with Gasteiger partial charge in [-0.25, -0.2) is 0 Å². The zero-order valence-corrected chi connectivity index (χ0v) is 13.5. The number of hydrogen-bond donors (Lipinski definition) is 1. The Kier molecular flexibility index (Phi) is 3.75. The van der Waals surface area contributed by atoms with Gasteiger partial charge < -0.3 is 10.2 Å². The van der Waals surface area contributed by atoms with Gasteiger partial charge in [0.05, 0.1) is 5.52 Å². The topological polar surface area (TPSA) is 28.2 Å². The molecule has 2 heterocycles. The van der Waals surface area contributed by atoms with Gasteiger partial charge in [-0.1, -0.05) is 13.8 Å². The molecule has 21 heavy (non-hydrogen) atoms. The summed E-state index contributed by atoms with van der Waals surface area (Å²) in [5, 5.41) is 4.67. The number of anilines is 2. The lowest BCUT2D eigenvalue weighted by molar-refractivity contribution is 0.849. The average Bonchev–Trinajstić information content (AvgIpc) is 2.99. The molecule has 0 aliphatic carbocycles. The van der Waals surface area contributed by atoms with Crippen LogP contribution in [0, 0.1) is 6.92 Å². The Bertz CT molecular complexity index is 655. The number of pyridine rings is 1. The first-order valence-corrected chi connectivity index (χ1v) is 7.98. The first kappa shape index (κ1) is 14.2.